The molecule has 1 fully saturated rings. The summed E-state index contributed by atoms with van der Waals surface area (Å²) in [7, 11) is -3.08. The second-order valence-electron chi connectivity index (χ2n) is 7.55. The van der Waals surface area contributed by atoms with Crippen molar-refractivity contribution in [2.45, 2.75) is 6.04 Å². The monoisotopic (exact) mass is 492 g/mol. The van der Waals surface area contributed by atoms with E-state index in [0.29, 0.717) is 11.4 Å². The Hall–Kier alpha value is -3.54. The maximum absolute atomic E-state index is 13.0. The molecule has 0 bridgehead atoms. The molecule has 3 rings (SSSR count). The van der Waals surface area contributed by atoms with Crippen LogP contribution in [0.3, 0.4) is 0 Å². The van der Waals surface area contributed by atoms with Crippen LogP contribution in [0.4, 0.5) is 10.6 Å². The Kier molecular flexibility index (Phi) is 7.82. The van der Waals surface area contributed by atoms with Crippen molar-refractivity contribution in [2.75, 3.05) is 44.7 Å². The van der Waals surface area contributed by atoms with Crippen LogP contribution >= 0.6 is 7.60 Å². The summed E-state index contributed by atoms with van der Waals surface area (Å²) in [5.41, 5.74) is 0.546. The van der Waals surface area contributed by atoms with Gasteiger partial charge in [-0.25, -0.2) is 14.8 Å². The Morgan fingerprint density at radius 3 is 2.24 bits per heavy atom. The van der Waals surface area contributed by atoms with Crippen LogP contribution in [-0.2, 0) is 9.36 Å². The third-order valence-electron chi connectivity index (χ3n) is 5.13. The van der Waals surface area contributed by atoms with Gasteiger partial charge in [-0.3, -0.25) is 14.2 Å². The molecule has 14 heteroatoms. The van der Waals surface area contributed by atoms with Crippen LogP contribution in [0.2, 0.25) is 0 Å². The lowest BCUT2D eigenvalue weighted by molar-refractivity contribution is -0.134. The molecule has 2 aromatic rings. The zero-order chi connectivity index (χ0) is 24.9. The number of rotatable bonds is 7. The number of anilines is 1. The topological polar surface area (TPSA) is 185 Å². The first-order chi connectivity index (χ1) is 16.1. The summed E-state index contributed by atoms with van der Waals surface area (Å²) >= 11 is 0. The van der Waals surface area contributed by atoms with Gasteiger partial charge in [0.2, 0.25) is 5.91 Å². The fourth-order valence-electron chi connectivity index (χ4n) is 3.40. The van der Waals surface area contributed by atoms with Gasteiger partial charge in [0.25, 0.3) is 5.91 Å². The minimum Gasteiger partial charge on any atom is -0.465 e. The average Bonchev–Trinajstić information content (AvgIpc) is 2.82. The Balaban J connectivity index is 1.83. The van der Waals surface area contributed by atoms with Crippen LogP contribution in [-0.4, -0.2) is 98.0 Å². The number of piperazine rings is 1. The molecule has 34 heavy (non-hydrogen) atoms. The van der Waals surface area contributed by atoms with Gasteiger partial charge in [-0.15, -0.1) is 0 Å². The zero-order valence-electron chi connectivity index (χ0n) is 18.3. The highest BCUT2D eigenvalue weighted by molar-refractivity contribution is 7.51. The molecule has 0 spiro atoms. The molecule has 5 N–H and O–H groups in total. The van der Waals surface area contributed by atoms with Gasteiger partial charge in [-0.1, -0.05) is 30.3 Å². The quantitative estimate of drug-likeness (QED) is 0.336. The number of carbonyl (C=O) groups is 3. The molecular formula is C20H25N6O7P. The Morgan fingerprint density at radius 1 is 1.06 bits per heavy atom. The molecule has 0 unspecified atom stereocenters. The standard InChI is InChI=1S/C20H25N6O7P/c1-21-16-11-14(22-17(24-16)13-5-3-2-4-6-13)18(27)23-15(12-34(31,32)33)19(28)25-7-9-26(10-8-25)20(29)30/h2-6,11,15H,7-10,12H2,1H3,(H,23,27)(H,29,30)(H,21,22,24)(H2,31,32,33)/t15-/m0/s1. The van der Waals surface area contributed by atoms with E-state index in [1.54, 1.807) is 31.3 Å². The first-order valence-corrected chi connectivity index (χ1v) is 12.1. The number of benzene rings is 1. The van der Waals surface area contributed by atoms with Gasteiger partial charge in [-0.2, -0.15) is 0 Å². The number of carbonyl (C=O) groups excluding carboxylic acids is 2. The van der Waals surface area contributed by atoms with Gasteiger partial charge in [0, 0.05) is 44.9 Å². The molecule has 13 nitrogen and oxygen atoms in total. The van der Waals surface area contributed by atoms with E-state index in [9.17, 15) is 28.7 Å². The molecule has 0 saturated carbocycles. The molecule has 3 amide bonds. The number of nitrogens with zero attached hydrogens (tertiary/aromatic N) is 4. The summed E-state index contributed by atoms with van der Waals surface area (Å²) in [6.45, 7) is 0.174. The summed E-state index contributed by atoms with van der Waals surface area (Å²) in [5.74, 6) is -0.943. The molecule has 1 aliphatic rings. The molecule has 182 valence electrons. The van der Waals surface area contributed by atoms with E-state index in [4.69, 9.17) is 5.11 Å². The largest absolute Gasteiger partial charge is 0.465 e. The van der Waals surface area contributed by atoms with Gasteiger partial charge >= 0.3 is 13.7 Å². The van der Waals surface area contributed by atoms with Gasteiger partial charge in [-0.05, 0) is 0 Å². The molecule has 0 aliphatic carbocycles. The van der Waals surface area contributed by atoms with Crippen molar-refractivity contribution in [1.82, 2.24) is 25.1 Å². The highest BCUT2D eigenvalue weighted by atomic mass is 31.2. The van der Waals surface area contributed by atoms with Crippen molar-refractivity contribution in [2.24, 2.45) is 0 Å². The maximum Gasteiger partial charge on any atom is 0.407 e. The highest BCUT2D eigenvalue weighted by Crippen LogP contribution is 2.35. The minimum atomic E-state index is -4.69. The summed E-state index contributed by atoms with van der Waals surface area (Å²) in [5, 5.41) is 14.3. The SMILES string of the molecule is CNc1cc(C(=O)N[C@@H](CP(=O)(O)O)C(=O)N2CCN(C(=O)O)CC2)nc(-c2ccccc2)n1. The molecule has 1 aromatic heterocycles. The molecule has 0 radical (unpaired) electrons. The van der Waals surface area contributed by atoms with Crippen molar-refractivity contribution >= 4 is 31.3 Å². The molecule has 1 aromatic carbocycles. The van der Waals surface area contributed by atoms with Crippen molar-refractivity contribution in [3.63, 3.8) is 0 Å². The van der Waals surface area contributed by atoms with E-state index in [2.05, 4.69) is 20.6 Å². The van der Waals surface area contributed by atoms with Crippen LogP contribution < -0.4 is 10.6 Å². The van der Waals surface area contributed by atoms with E-state index in [0.717, 1.165) is 4.90 Å². The second kappa shape index (κ2) is 10.6. The summed E-state index contributed by atoms with van der Waals surface area (Å²) < 4.78 is 11.7. The first kappa shape index (κ1) is 25.1. The summed E-state index contributed by atoms with van der Waals surface area (Å²) in [4.78, 5) is 67.0. The lowest BCUT2D eigenvalue weighted by atomic mass is 10.2. The van der Waals surface area contributed by atoms with Crippen molar-refractivity contribution in [3.05, 3.63) is 42.1 Å². The lowest BCUT2D eigenvalue weighted by Crippen LogP contribution is -2.56. The molecular weight excluding hydrogens is 467 g/mol. The van der Waals surface area contributed by atoms with Crippen LogP contribution in [0.25, 0.3) is 11.4 Å². The van der Waals surface area contributed by atoms with Gasteiger partial charge in [0.1, 0.15) is 17.6 Å². The minimum absolute atomic E-state index is 0.0359. The van der Waals surface area contributed by atoms with Gasteiger partial charge < -0.3 is 35.3 Å². The average molecular weight is 492 g/mol. The van der Waals surface area contributed by atoms with E-state index >= 15 is 0 Å². The summed E-state index contributed by atoms with van der Waals surface area (Å²) in [6.07, 6.45) is -2.03. The van der Waals surface area contributed by atoms with E-state index in [-0.39, 0.29) is 37.7 Å². The zero-order valence-corrected chi connectivity index (χ0v) is 19.2. The van der Waals surface area contributed by atoms with Gasteiger partial charge in [0.15, 0.2) is 5.82 Å². The van der Waals surface area contributed by atoms with Gasteiger partial charge in [0.05, 0.1) is 6.16 Å². The fourth-order valence-corrected chi connectivity index (χ4v) is 4.13. The summed E-state index contributed by atoms with van der Waals surface area (Å²) in [6, 6.07) is 8.71. The van der Waals surface area contributed by atoms with Crippen molar-refractivity contribution < 1.29 is 33.8 Å². The highest BCUT2D eigenvalue weighted by Gasteiger charge is 2.34. The van der Waals surface area contributed by atoms with Crippen LogP contribution in [0.1, 0.15) is 10.5 Å². The predicted molar refractivity (Wildman–Crippen MR) is 121 cm³/mol. The molecule has 1 atom stereocenters. The van der Waals surface area contributed by atoms with Crippen LogP contribution in [0, 0.1) is 0 Å². The first-order valence-electron chi connectivity index (χ1n) is 10.3. The number of aromatic nitrogens is 2. The second-order valence-corrected chi connectivity index (χ2v) is 9.24. The Labute approximate surface area is 195 Å². The maximum atomic E-state index is 13.0. The van der Waals surface area contributed by atoms with E-state index in [1.807, 2.05) is 6.07 Å². The molecule has 1 saturated heterocycles. The smallest absolute Gasteiger partial charge is 0.407 e. The third-order valence-corrected chi connectivity index (χ3v) is 5.97. The molecule has 1 aliphatic heterocycles. The predicted octanol–water partition coefficient (Wildman–Crippen LogP) is 0.284. The Morgan fingerprint density at radius 2 is 1.68 bits per heavy atom. The number of amides is 3. The van der Waals surface area contributed by atoms with E-state index in [1.165, 1.54) is 11.0 Å². The Bertz CT molecular complexity index is 1100. The van der Waals surface area contributed by atoms with Crippen molar-refractivity contribution in [3.8, 4) is 11.4 Å². The number of nitrogens with one attached hydrogen (secondary N) is 2. The number of hydrogen-bond donors (Lipinski definition) is 5. The number of carboxylic acid groups (broad SMARTS) is 1. The van der Waals surface area contributed by atoms with Crippen LogP contribution in [0.5, 0.6) is 0 Å². The fraction of sp³-hybridized carbons (Fsp3) is 0.350. The van der Waals surface area contributed by atoms with Crippen LogP contribution in [0.15, 0.2) is 36.4 Å². The third kappa shape index (κ3) is 6.50. The van der Waals surface area contributed by atoms with E-state index < -0.39 is 37.7 Å². The lowest BCUT2D eigenvalue weighted by Gasteiger charge is -2.35. The number of hydrogen-bond acceptors (Lipinski definition) is 7. The van der Waals surface area contributed by atoms with Crippen molar-refractivity contribution in [1.29, 1.82) is 0 Å². The molecule has 2 heterocycles. The normalized spacial score (nSPS) is 14.9.